The Kier molecular flexibility index (Phi) is 8.23. The van der Waals surface area contributed by atoms with Gasteiger partial charge < -0.3 is 14.2 Å². The number of carbonyl (C=O) groups excluding carboxylic acids is 2. The van der Waals surface area contributed by atoms with Crippen molar-refractivity contribution in [2.45, 2.75) is 37.5 Å². The fourth-order valence-corrected chi connectivity index (χ4v) is 6.46. The summed E-state index contributed by atoms with van der Waals surface area (Å²) in [5.41, 5.74) is 0.381. The first-order valence-corrected chi connectivity index (χ1v) is 14.0. The lowest BCUT2D eigenvalue weighted by atomic mass is 9.96. The van der Waals surface area contributed by atoms with Crippen molar-refractivity contribution in [3.63, 3.8) is 0 Å². The van der Waals surface area contributed by atoms with Crippen molar-refractivity contribution >= 4 is 45.1 Å². The Balaban J connectivity index is 1.51. The lowest BCUT2D eigenvalue weighted by Crippen LogP contribution is -2.33. The smallest absolute Gasteiger partial charge is 0.343 e. The van der Waals surface area contributed by atoms with Crippen molar-refractivity contribution in [1.82, 2.24) is 9.21 Å². The predicted molar refractivity (Wildman–Crippen MR) is 138 cm³/mol. The number of esters is 1. The molecule has 2 heterocycles. The monoisotopic (exact) mass is 570 g/mol. The average Bonchev–Trinajstić information content (AvgIpc) is 3.43. The molecule has 0 bridgehead atoms. The second-order valence-electron chi connectivity index (χ2n) is 9.10. The van der Waals surface area contributed by atoms with Gasteiger partial charge in [-0.25, -0.2) is 13.2 Å². The average molecular weight is 571 g/mol. The number of rotatable bonds is 9. The summed E-state index contributed by atoms with van der Waals surface area (Å²) in [5, 5.41) is -0.0442. The van der Waals surface area contributed by atoms with E-state index < -0.39 is 28.6 Å². The van der Waals surface area contributed by atoms with E-state index in [2.05, 4.69) is 4.90 Å². The normalized spacial score (nSPS) is 16.8. The van der Waals surface area contributed by atoms with Crippen LogP contribution in [0.15, 0.2) is 29.2 Å². The third-order valence-corrected chi connectivity index (χ3v) is 8.83. The molecule has 0 atom stereocenters. The molecule has 9 nitrogen and oxygen atoms in total. The Morgan fingerprint density at radius 3 is 2.49 bits per heavy atom. The van der Waals surface area contributed by atoms with Crippen LogP contribution in [0.3, 0.4) is 0 Å². The number of nitrogens with zero attached hydrogens (tertiary/aromatic N) is 2. The van der Waals surface area contributed by atoms with E-state index in [9.17, 15) is 18.0 Å². The number of amides is 1. The van der Waals surface area contributed by atoms with Crippen LogP contribution >= 0.6 is 23.2 Å². The molecular weight excluding hydrogens is 543 g/mol. The molecule has 0 saturated carbocycles. The molecule has 0 radical (unpaired) electrons. The molecule has 0 aliphatic carbocycles. The van der Waals surface area contributed by atoms with Crippen LogP contribution < -0.4 is 9.47 Å². The van der Waals surface area contributed by atoms with Crippen LogP contribution in [0.2, 0.25) is 10.0 Å². The number of ether oxygens (including phenoxy) is 3. The summed E-state index contributed by atoms with van der Waals surface area (Å²) in [4.78, 5) is 28.2. The van der Waals surface area contributed by atoms with Gasteiger partial charge in [-0.1, -0.05) is 37.0 Å². The minimum absolute atomic E-state index is 0.00705. The van der Waals surface area contributed by atoms with E-state index in [4.69, 9.17) is 37.4 Å². The van der Waals surface area contributed by atoms with E-state index in [1.165, 1.54) is 19.2 Å². The summed E-state index contributed by atoms with van der Waals surface area (Å²) >= 11 is 12.6. The minimum Gasteiger partial charge on any atom is -0.497 e. The van der Waals surface area contributed by atoms with E-state index in [1.807, 2.05) is 13.8 Å². The number of halogens is 2. The highest BCUT2D eigenvalue weighted by atomic mass is 35.5. The number of hydrogen-bond donors (Lipinski definition) is 0. The summed E-state index contributed by atoms with van der Waals surface area (Å²) in [5.74, 6) is -1.37. The number of benzene rings is 2. The molecule has 0 N–H and O–H groups in total. The number of carbonyl (C=O) groups is 2. The van der Waals surface area contributed by atoms with Crippen LogP contribution in [0.4, 0.5) is 0 Å². The molecule has 4 rings (SSSR count). The highest BCUT2D eigenvalue weighted by Crippen LogP contribution is 2.39. The number of fused-ring (bicyclic) bond motifs is 1. The van der Waals surface area contributed by atoms with Gasteiger partial charge in [0.1, 0.15) is 28.6 Å². The van der Waals surface area contributed by atoms with Crippen molar-refractivity contribution in [2.75, 3.05) is 40.1 Å². The van der Waals surface area contributed by atoms with Gasteiger partial charge in [0.15, 0.2) is 6.73 Å². The fraction of sp³-hybridized carbons (Fsp3) is 0.440. The van der Waals surface area contributed by atoms with Crippen LogP contribution in [0.5, 0.6) is 11.5 Å². The van der Waals surface area contributed by atoms with Crippen molar-refractivity contribution in [1.29, 1.82) is 0 Å². The largest absolute Gasteiger partial charge is 0.497 e. The fourth-order valence-electron chi connectivity index (χ4n) is 4.41. The molecule has 12 heteroatoms. The summed E-state index contributed by atoms with van der Waals surface area (Å²) < 4.78 is 43.1. The SMILES string of the molecule is COc1cc(C(C)C)c2c(c1)S(=O)(=O)N(COC(=O)c1c(Cl)ccc(OCCN3CCCC3)c1Cl)C2=O. The first kappa shape index (κ1) is 27.5. The van der Waals surface area contributed by atoms with Gasteiger partial charge in [-0.05, 0) is 55.6 Å². The van der Waals surface area contributed by atoms with Gasteiger partial charge in [0.2, 0.25) is 0 Å². The van der Waals surface area contributed by atoms with Gasteiger partial charge in [0, 0.05) is 12.6 Å². The van der Waals surface area contributed by atoms with Crippen LogP contribution in [0, 0.1) is 0 Å². The van der Waals surface area contributed by atoms with E-state index in [0.717, 1.165) is 32.5 Å². The molecule has 2 aliphatic rings. The number of likely N-dealkylation sites (tertiary alicyclic amines) is 1. The molecule has 1 saturated heterocycles. The second kappa shape index (κ2) is 11.1. The maximum absolute atomic E-state index is 13.2. The second-order valence-corrected chi connectivity index (χ2v) is 11.7. The van der Waals surface area contributed by atoms with E-state index in [0.29, 0.717) is 22.2 Å². The molecular formula is C25H28Cl2N2O7S. The summed E-state index contributed by atoms with van der Waals surface area (Å²) in [6, 6.07) is 5.91. The Morgan fingerprint density at radius 1 is 1.14 bits per heavy atom. The van der Waals surface area contributed by atoms with Crippen molar-refractivity contribution in [2.24, 2.45) is 0 Å². The summed E-state index contributed by atoms with van der Waals surface area (Å²) in [7, 11) is -2.87. The molecule has 37 heavy (non-hydrogen) atoms. The van der Waals surface area contributed by atoms with Gasteiger partial charge in [-0.2, -0.15) is 4.31 Å². The molecule has 0 unspecified atom stereocenters. The van der Waals surface area contributed by atoms with Crippen molar-refractivity contribution < 1.29 is 32.2 Å². The van der Waals surface area contributed by atoms with E-state index in [1.54, 1.807) is 12.1 Å². The van der Waals surface area contributed by atoms with E-state index >= 15 is 0 Å². The molecule has 1 fully saturated rings. The lowest BCUT2D eigenvalue weighted by molar-refractivity contribution is 0.0357. The van der Waals surface area contributed by atoms with Gasteiger partial charge in [-0.15, -0.1) is 0 Å². The zero-order chi connectivity index (χ0) is 26.9. The standard InChI is InChI=1S/C25H28Cl2N2O7S/c1-15(2)17-12-16(34-3)13-20-21(17)24(30)29(37(20,32)33)14-36-25(31)22-18(26)6-7-19(23(22)27)35-11-10-28-8-4-5-9-28/h6-7,12-13,15H,4-5,8-11,14H2,1-3H3. The molecule has 0 aromatic heterocycles. The summed E-state index contributed by atoms with van der Waals surface area (Å²) in [6.45, 7) is 5.95. The number of sulfonamides is 1. The predicted octanol–water partition coefficient (Wildman–Crippen LogP) is 4.56. The Morgan fingerprint density at radius 2 is 1.84 bits per heavy atom. The molecule has 2 aromatic carbocycles. The first-order chi connectivity index (χ1) is 17.6. The highest BCUT2D eigenvalue weighted by molar-refractivity contribution is 7.90. The number of methoxy groups -OCH3 is 1. The van der Waals surface area contributed by atoms with Gasteiger partial charge >= 0.3 is 5.97 Å². The van der Waals surface area contributed by atoms with E-state index in [-0.39, 0.29) is 37.7 Å². The highest BCUT2D eigenvalue weighted by Gasteiger charge is 2.44. The van der Waals surface area contributed by atoms with Gasteiger partial charge in [0.05, 0.1) is 22.7 Å². The van der Waals surface area contributed by atoms with Crippen molar-refractivity contribution in [3.8, 4) is 11.5 Å². The van der Waals surface area contributed by atoms with Crippen LogP contribution in [0.1, 0.15) is 58.9 Å². The van der Waals surface area contributed by atoms with Gasteiger partial charge in [0.25, 0.3) is 15.9 Å². The number of hydrogen-bond acceptors (Lipinski definition) is 8. The molecule has 1 amide bonds. The third-order valence-electron chi connectivity index (χ3n) is 6.41. The van der Waals surface area contributed by atoms with Crippen LogP contribution in [-0.4, -0.2) is 69.6 Å². The third kappa shape index (κ3) is 5.38. The zero-order valence-electron chi connectivity index (χ0n) is 20.8. The Labute approximate surface area is 226 Å². The molecule has 200 valence electrons. The van der Waals surface area contributed by atoms with Crippen LogP contribution in [-0.2, 0) is 14.8 Å². The topological polar surface area (TPSA) is 102 Å². The molecule has 2 aliphatic heterocycles. The molecule has 2 aromatic rings. The first-order valence-electron chi connectivity index (χ1n) is 11.9. The molecule has 0 spiro atoms. The summed E-state index contributed by atoms with van der Waals surface area (Å²) in [6.07, 6.45) is 2.31. The Hall–Kier alpha value is -2.53. The Bertz CT molecular complexity index is 1320. The quantitative estimate of drug-likeness (QED) is 0.404. The minimum atomic E-state index is -4.28. The van der Waals surface area contributed by atoms with Gasteiger partial charge in [-0.3, -0.25) is 9.69 Å². The maximum atomic E-state index is 13.2. The zero-order valence-corrected chi connectivity index (χ0v) is 23.1. The van der Waals surface area contributed by atoms with Crippen molar-refractivity contribution in [3.05, 3.63) is 51.0 Å². The van der Waals surface area contributed by atoms with Crippen LogP contribution in [0.25, 0.3) is 0 Å². The maximum Gasteiger partial charge on any atom is 0.343 e. The lowest BCUT2D eigenvalue weighted by Gasteiger charge is -2.18.